The molecule has 2 aromatic carbocycles. The smallest absolute Gasteiger partial charge is 0.274 e. The second-order valence-corrected chi connectivity index (χ2v) is 6.16. The summed E-state index contributed by atoms with van der Waals surface area (Å²) >= 11 is 0. The Morgan fingerprint density at radius 2 is 2.04 bits per heavy atom. The van der Waals surface area contributed by atoms with E-state index in [4.69, 9.17) is 9.94 Å². The third-order valence-corrected chi connectivity index (χ3v) is 4.52. The maximum absolute atomic E-state index is 11.6. The van der Waals surface area contributed by atoms with Gasteiger partial charge in [0.15, 0.2) is 0 Å². The minimum atomic E-state index is -0.559. The maximum atomic E-state index is 11.6. The molecule has 0 aliphatic rings. The van der Waals surface area contributed by atoms with Gasteiger partial charge in [0, 0.05) is 17.7 Å². The fourth-order valence-corrected chi connectivity index (χ4v) is 2.92. The Balaban J connectivity index is 1.77. The molecule has 3 N–H and O–H groups in total. The molecular formula is C20H24N4O3. The lowest BCUT2D eigenvalue weighted by atomic mass is 10.2. The van der Waals surface area contributed by atoms with E-state index in [0.29, 0.717) is 18.0 Å². The Kier molecular flexibility index (Phi) is 6.05. The lowest BCUT2D eigenvalue weighted by Crippen LogP contribution is -2.27. The topological polar surface area (TPSA) is 90.5 Å². The molecule has 0 fully saturated rings. The van der Waals surface area contributed by atoms with Crippen molar-refractivity contribution in [2.75, 3.05) is 26.2 Å². The van der Waals surface area contributed by atoms with Crippen LogP contribution in [-0.2, 0) is 0 Å². The van der Waals surface area contributed by atoms with Crippen LogP contribution < -0.4 is 10.2 Å². The number of imidazole rings is 1. The quantitative estimate of drug-likeness (QED) is 0.420. The number of aromatic amines is 1. The van der Waals surface area contributed by atoms with Crippen LogP contribution in [0.1, 0.15) is 24.2 Å². The second-order valence-electron chi connectivity index (χ2n) is 6.16. The second kappa shape index (κ2) is 8.66. The Morgan fingerprint density at radius 1 is 1.22 bits per heavy atom. The van der Waals surface area contributed by atoms with Gasteiger partial charge >= 0.3 is 0 Å². The van der Waals surface area contributed by atoms with Crippen LogP contribution in [0.25, 0.3) is 22.4 Å². The van der Waals surface area contributed by atoms with Crippen molar-refractivity contribution in [3.8, 4) is 17.1 Å². The highest BCUT2D eigenvalue weighted by Gasteiger charge is 2.10. The molecule has 7 heteroatoms. The van der Waals surface area contributed by atoms with Crippen LogP contribution in [0.5, 0.6) is 5.75 Å². The van der Waals surface area contributed by atoms with E-state index < -0.39 is 5.91 Å². The molecule has 0 aliphatic heterocycles. The van der Waals surface area contributed by atoms with Crippen molar-refractivity contribution in [1.29, 1.82) is 0 Å². The number of carbonyl (C=O) groups excluding carboxylic acids is 1. The standard InChI is InChI=1S/C20H24N4O3/c1-3-24(4-2)10-11-27-16-7-5-6-14(12-16)19-21-17-9-8-15(20(25)23-26)13-18(17)22-19/h5-9,12-13,26H,3-4,10-11H2,1-2H3,(H,21,22)(H,23,25). The van der Waals surface area contributed by atoms with Crippen molar-refractivity contribution >= 4 is 16.9 Å². The van der Waals surface area contributed by atoms with Gasteiger partial charge in [0.05, 0.1) is 11.0 Å². The van der Waals surface area contributed by atoms with Crippen molar-refractivity contribution in [2.45, 2.75) is 13.8 Å². The van der Waals surface area contributed by atoms with Gasteiger partial charge in [-0.3, -0.25) is 10.0 Å². The van der Waals surface area contributed by atoms with Crippen molar-refractivity contribution in [3.63, 3.8) is 0 Å². The number of H-pyrrole nitrogens is 1. The van der Waals surface area contributed by atoms with E-state index in [1.807, 2.05) is 24.3 Å². The van der Waals surface area contributed by atoms with E-state index in [2.05, 4.69) is 28.7 Å². The molecule has 3 aromatic rings. The minimum Gasteiger partial charge on any atom is -0.492 e. The van der Waals surface area contributed by atoms with Gasteiger partial charge in [-0.25, -0.2) is 10.5 Å². The van der Waals surface area contributed by atoms with Crippen molar-refractivity contribution < 1.29 is 14.7 Å². The molecule has 0 atom stereocenters. The lowest BCUT2D eigenvalue weighted by molar-refractivity contribution is 0.0706. The predicted octanol–water partition coefficient (Wildman–Crippen LogP) is 3.07. The van der Waals surface area contributed by atoms with E-state index in [1.54, 1.807) is 23.7 Å². The fourth-order valence-electron chi connectivity index (χ4n) is 2.92. The number of likely N-dealkylation sites (N-methyl/N-ethyl adjacent to an activating group) is 1. The summed E-state index contributed by atoms with van der Waals surface area (Å²) in [6.45, 7) is 7.81. The first-order valence-corrected chi connectivity index (χ1v) is 9.04. The highest BCUT2D eigenvalue weighted by atomic mass is 16.5. The summed E-state index contributed by atoms with van der Waals surface area (Å²) in [6, 6.07) is 12.8. The zero-order valence-electron chi connectivity index (χ0n) is 15.5. The molecule has 0 saturated heterocycles. The maximum Gasteiger partial charge on any atom is 0.274 e. The van der Waals surface area contributed by atoms with E-state index in [1.165, 1.54) is 0 Å². The van der Waals surface area contributed by atoms with Gasteiger partial charge in [-0.2, -0.15) is 0 Å². The highest BCUT2D eigenvalue weighted by molar-refractivity contribution is 5.97. The molecule has 142 valence electrons. The van der Waals surface area contributed by atoms with Crippen LogP contribution in [-0.4, -0.2) is 52.2 Å². The number of benzene rings is 2. The number of ether oxygens (including phenoxy) is 1. The monoisotopic (exact) mass is 368 g/mol. The molecule has 0 aliphatic carbocycles. The van der Waals surface area contributed by atoms with E-state index in [9.17, 15) is 4.79 Å². The number of amides is 1. The molecule has 7 nitrogen and oxygen atoms in total. The van der Waals surface area contributed by atoms with Gasteiger partial charge in [-0.15, -0.1) is 0 Å². The van der Waals surface area contributed by atoms with Crippen molar-refractivity contribution in [2.24, 2.45) is 0 Å². The molecule has 1 heterocycles. The minimum absolute atomic E-state index is 0.355. The lowest BCUT2D eigenvalue weighted by Gasteiger charge is -2.18. The van der Waals surface area contributed by atoms with Gasteiger partial charge in [0.25, 0.3) is 5.91 Å². The van der Waals surface area contributed by atoms with Crippen LogP contribution in [0.4, 0.5) is 0 Å². The first kappa shape index (κ1) is 18.9. The molecule has 0 saturated carbocycles. The molecule has 1 amide bonds. The zero-order chi connectivity index (χ0) is 19.2. The molecule has 27 heavy (non-hydrogen) atoms. The third kappa shape index (κ3) is 4.45. The van der Waals surface area contributed by atoms with Gasteiger partial charge in [0.1, 0.15) is 18.2 Å². The average molecular weight is 368 g/mol. The van der Waals surface area contributed by atoms with E-state index in [0.717, 1.165) is 42.0 Å². The Labute approximate surface area is 157 Å². The number of hydroxylamine groups is 1. The van der Waals surface area contributed by atoms with Crippen LogP contribution in [0, 0.1) is 0 Å². The number of fused-ring (bicyclic) bond motifs is 1. The summed E-state index contributed by atoms with van der Waals surface area (Å²) in [4.78, 5) is 21.7. The Bertz CT molecular complexity index is 918. The molecule has 0 spiro atoms. The Morgan fingerprint density at radius 3 is 2.78 bits per heavy atom. The van der Waals surface area contributed by atoms with Crippen LogP contribution in [0.3, 0.4) is 0 Å². The molecule has 3 rings (SSSR count). The van der Waals surface area contributed by atoms with Crippen LogP contribution in [0.2, 0.25) is 0 Å². The fraction of sp³-hybridized carbons (Fsp3) is 0.300. The normalized spacial score (nSPS) is 11.1. The summed E-state index contributed by atoms with van der Waals surface area (Å²) in [5.74, 6) is 0.929. The first-order valence-electron chi connectivity index (χ1n) is 9.04. The number of rotatable bonds is 8. The summed E-state index contributed by atoms with van der Waals surface area (Å²) in [6.07, 6.45) is 0. The third-order valence-electron chi connectivity index (χ3n) is 4.52. The first-order chi connectivity index (χ1) is 13.1. The number of aromatic nitrogens is 2. The average Bonchev–Trinajstić information content (AvgIpc) is 3.14. The summed E-state index contributed by atoms with van der Waals surface area (Å²) in [7, 11) is 0. The van der Waals surface area contributed by atoms with Gasteiger partial charge in [0.2, 0.25) is 0 Å². The summed E-state index contributed by atoms with van der Waals surface area (Å²) in [5.41, 5.74) is 4.36. The van der Waals surface area contributed by atoms with Crippen LogP contribution in [0.15, 0.2) is 42.5 Å². The largest absolute Gasteiger partial charge is 0.492 e. The number of hydrogen-bond donors (Lipinski definition) is 3. The molecule has 0 bridgehead atoms. The van der Waals surface area contributed by atoms with E-state index >= 15 is 0 Å². The number of nitrogens with one attached hydrogen (secondary N) is 2. The summed E-state index contributed by atoms with van der Waals surface area (Å²) < 4.78 is 5.88. The SMILES string of the molecule is CCN(CC)CCOc1cccc(-c2nc3ccc(C(=O)NO)cc3[nH]2)c1. The van der Waals surface area contributed by atoms with Crippen molar-refractivity contribution in [3.05, 3.63) is 48.0 Å². The highest BCUT2D eigenvalue weighted by Crippen LogP contribution is 2.24. The summed E-state index contributed by atoms with van der Waals surface area (Å²) in [5, 5.41) is 8.77. The number of carbonyl (C=O) groups is 1. The Hall–Kier alpha value is -2.90. The molecular weight excluding hydrogens is 344 g/mol. The molecule has 0 radical (unpaired) electrons. The molecule has 0 unspecified atom stereocenters. The van der Waals surface area contributed by atoms with Gasteiger partial charge in [-0.05, 0) is 43.4 Å². The van der Waals surface area contributed by atoms with Gasteiger partial charge in [-0.1, -0.05) is 26.0 Å². The van der Waals surface area contributed by atoms with E-state index in [-0.39, 0.29) is 0 Å². The van der Waals surface area contributed by atoms with Crippen LogP contribution >= 0.6 is 0 Å². The number of nitrogens with zero attached hydrogens (tertiary/aromatic N) is 2. The number of hydrogen-bond acceptors (Lipinski definition) is 5. The molecule has 1 aromatic heterocycles. The zero-order valence-corrected chi connectivity index (χ0v) is 15.5. The van der Waals surface area contributed by atoms with Gasteiger partial charge < -0.3 is 14.6 Å². The predicted molar refractivity (Wildman–Crippen MR) is 104 cm³/mol. The van der Waals surface area contributed by atoms with Crippen molar-refractivity contribution in [1.82, 2.24) is 20.3 Å².